The van der Waals surface area contributed by atoms with Crippen LogP contribution in [0.25, 0.3) is 0 Å². The third-order valence-electron chi connectivity index (χ3n) is 7.52. The van der Waals surface area contributed by atoms with Crippen LogP contribution >= 0.6 is 0 Å². The van der Waals surface area contributed by atoms with Gasteiger partial charge in [-0.15, -0.1) is 0 Å². The Labute approximate surface area is 162 Å². The van der Waals surface area contributed by atoms with Crippen LogP contribution in [0.5, 0.6) is 5.75 Å². The lowest BCUT2D eigenvalue weighted by Gasteiger charge is -2.38. The zero-order valence-electron chi connectivity index (χ0n) is 16.7. The van der Waals surface area contributed by atoms with Gasteiger partial charge in [-0.25, -0.2) is 4.39 Å². The van der Waals surface area contributed by atoms with E-state index in [9.17, 15) is 8.78 Å². The first-order chi connectivity index (χ1) is 13.2. The van der Waals surface area contributed by atoms with E-state index in [2.05, 4.69) is 0 Å². The third kappa shape index (κ3) is 4.32. The van der Waals surface area contributed by atoms with Crippen molar-refractivity contribution in [3.8, 4) is 5.75 Å². The largest absolute Gasteiger partial charge is 0.490 e. The molecule has 0 radical (unpaired) electrons. The van der Waals surface area contributed by atoms with Gasteiger partial charge in [-0.05, 0) is 112 Å². The predicted octanol–water partition coefficient (Wildman–Crippen LogP) is 7.24. The van der Waals surface area contributed by atoms with E-state index < -0.39 is 11.6 Å². The molecule has 0 saturated heterocycles. The Balaban J connectivity index is 1.32. The normalized spacial score (nSPS) is 31.7. The Kier molecular flexibility index (Phi) is 6.04. The summed E-state index contributed by atoms with van der Waals surface area (Å²) in [5.41, 5.74) is 0.562. The van der Waals surface area contributed by atoms with E-state index in [0.29, 0.717) is 12.2 Å². The van der Waals surface area contributed by atoms with Gasteiger partial charge in [0.15, 0.2) is 11.6 Å². The van der Waals surface area contributed by atoms with E-state index >= 15 is 0 Å². The standard InChI is InChI=1S/C24H34F2O/c1-2-15-27-22-14-13-21(23(25)24(22)26)20-11-9-19(10-12-20)18-7-5-17(6-8-18)16-3-4-16/h13-14,16-20H,2-12,15H2,1H3. The van der Waals surface area contributed by atoms with Crippen molar-refractivity contribution in [3.63, 3.8) is 0 Å². The number of ether oxygens (including phenoxy) is 1. The van der Waals surface area contributed by atoms with Crippen LogP contribution in [-0.4, -0.2) is 6.61 Å². The Morgan fingerprint density at radius 2 is 1.22 bits per heavy atom. The van der Waals surface area contributed by atoms with Crippen molar-refractivity contribution in [1.29, 1.82) is 0 Å². The van der Waals surface area contributed by atoms with Gasteiger partial charge in [0.25, 0.3) is 0 Å². The molecule has 1 nitrogen and oxygen atoms in total. The second kappa shape index (κ2) is 8.49. The van der Waals surface area contributed by atoms with Crippen LogP contribution in [0.4, 0.5) is 8.78 Å². The minimum atomic E-state index is -0.804. The summed E-state index contributed by atoms with van der Waals surface area (Å²) in [6, 6.07) is 3.38. The lowest BCUT2D eigenvalue weighted by molar-refractivity contribution is 0.152. The fourth-order valence-electron chi connectivity index (χ4n) is 5.74. The van der Waals surface area contributed by atoms with Crippen LogP contribution in [0.15, 0.2) is 12.1 Å². The summed E-state index contributed by atoms with van der Waals surface area (Å²) in [5, 5.41) is 0. The van der Waals surface area contributed by atoms with E-state index in [1.54, 1.807) is 12.1 Å². The molecule has 3 heteroatoms. The second-order valence-electron chi connectivity index (χ2n) is 9.25. The lowest BCUT2D eigenvalue weighted by atomic mass is 9.68. The molecule has 0 heterocycles. The molecule has 3 aliphatic carbocycles. The molecule has 3 fully saturated rings. The molecule has 0 spiro atoms. The van der Waals surface area contributed by atoms with E-state index in [4.69, 9.17) is 4.74 Å². The maximum atomic E-state index is 14.6. The molecule has 3 saturated carbocycles. The molecule has 0 aromatic heterocycles. The van der Waals surface area contributed by atoms with Gasteiger partial charge < -0.3 is 4.74 Å². The summed E-state index contributed by atoms with van der Waals surface area (Å²) in [6.07, 6.45) is 13.8. The van der Waals surface area contributed by atoms with Crippen LogP contribution in [0.1, 0.15) is 89.0 Å². The van der Waals surface area contributed by atoms with Crippen LogP contribution < -0.4 is 4.74 Å². The van der Waals surface area contributed by atoms with Gasteiger partial charge >= 0.3 is 0 Å². The summed E-state index contributed by atoms with van der Waals surface area (Å²) >= 11 is 0. The van der Waals surface area contributed by atoms with Crippen LogP contribution in [0, 0.1) is 35.3 Å². The van der Waals surface area contributed by atoms with E-state index in [1.807, 2.05) is 6.92 Å². The quantitative estimate of drug-likeness (QED) is 0.508. The van der Waals surface area contributed by atoms with Gasteiger partial charge in [0.1, 0.15) is 0 Å². The summed E-state index contributed by atoms with van der Waals surface area (Å²) in [5.74, 6) is 2.50. The SMILES string of the molecule is CCCOc1ccc(C2CCC(C3CCC(C4CC4)CC3)CC2)c(F)c1F. The Morgan fingerprint density at radius 1 is 0.741 bits per heavy atom. The fourth-order valence-corrected chi connectivity index (χ4v) is 5.74. The van der Waals surface area contributed by atoms with Crippen LogP contribution in [0.2, 0.25) is 0 Å². The molecule has 0 bridgehead atoms. The number of halogens is 2. The average molecular weight is 377 g/mol. The first kappa shape index (κ1) is 19.2. The summed E-state index contributed by atoms with van der Waals surface area (Å²) < 4.78 is 34.2. The van der Waals surface area contributed by atoms with Crippen molar-refractivity contribution in [2.24, 2.45) is 23.7 Å². The minimum absolute atomic E-state index is 0.0548. The first-order valence-electron chi connectivity index (χ1n) is 11.3. The fraction of sp³-hybridized carbons (Fsp3) is 0.750. The minimum Gasteiger partial charge on any atom is -0.490 e. The highest BCUT2D eigenvalue weighted by Crippen LogP contribution is 2.49. The van der Waals surface area contributed by atoms with E-state index in [0.717, 1.165) is 42.9 Å². The van der Waals surface area contributed by atoms with Crippen molar-refractivity contribution >= 4 is 0 Å². The van der Waals surface area contributed by atoms with E-state index in [1.165, 1.54) is 51.4 Å². The monoisotopic (exact) mass is 376 g/mol. The van der Waals surface area contributed by atoms with Crippen molar-refractivity contribution in [2.45, 2.75) is 83.5 Å². The molecule has 150 valence electrons. The summed E-state index contributed by atoms with van der Waals surface area (Å²) in [6.45, 7) is 2.38. The topological polar surface area (TPSA) is 9.23 Å². The Hall–Kier alpha value is -1.12. The van der Waals surface area contributed by atoms with Gasteiger partial charge in [-0.2, -0.15) is 4.39 Å². The molecule has 0 aliphatic heterocycles. The number of rotatable bonds is 6. The highest BCUT2D eigenvalue weighted by Gasteiger charge is 2.37. The molecule has 0 unspecified atom stereocenters. The maximum absolute atomic E-state index is 14.6. The zero-order valence-corrected chi connectivity index (χ0v) is 16.7. The van der Waals surface area contributed by atoms with Gasteiger partial charge in [-0.1, -0.05) is 13.0 Å². The predicted molar refractivity (Wildman–Crippen MR) is 105 cm³/mol. The number of benzene rings is 1. The van der Waals surface area contributed by atoms with Crippen molar-refractivity contribution in [1.82, 2.24) is 0 Å². The highest BCUT2D eigenvalue weighted by atomic mass is 19.2. The van der Waals surface area contributed by atoms with Gasteiger partial charge in [-0.3, -0.25) is 0 Å². The third-order valence-corrected chi connectivity index (χ3v) is 7.52. The van der Waals surface area contributed by atoms with Gasteiger partial charge in [0.05, 0.1) is 6.61 Å². The highest BCUT2D eigenvalue weighted by molar-refractivity contribution is 5.33. The molecule has 4 rings (SSSR count). The average Bonchev–Trinajstić information content (AvgIpc) is 3.55. The van der Waals surface area contributed by atoms with Crippen molar-refractivity contribution < 1.29 is 13.5 Å². The zero-order chi connectivity index (χ0) is 18.8. The van der Waals surface area contributed by atoms with Crippen molar-refractivity contribution in [3.05, 3.63) is 29.3 Å². The maximum Gasteiger partial charge on any atom is 0.200 e. The molecule has 0 atom stereocenters. The van der Waals surface area contributed by atoms with Crippen LogP contribution in [-0.2, 0) is 0 Å². The van der Waals surface area contributed by atoms with Gasteiger partial charge in [0, 0.05) is 0 Å². The Bertz CT molecular complexity index is 624. The lowest BCUT2D eigenvalue weighted by Crippen LogP contribution is -2.26. The molecular weight excluding hydrogens is 342 g/mol. The second-order valence-corrected chi connectivity index (χ2v) is 9.25. The Morgan fingerprint density at radius 3 is 1.70 bits per heavy atom. The number of hydrogen-bond acceptors (Lipinski definition) is 1. The van der Waals surface area contributed by atoms with Crippen LogP contribution in [0.3, 0.4) is 0 Å². The molecule has 27 heavy (non-hydrogen) atoms. The van der Waals surface area contributed by atoms with Crippen molar-refractivity contribution in [2.75, 3.05) is 6.61 Å². The summed E-state index contributed by atoms with van der Waals surface area (Å²) in [4.78, 5) is 0. The first-order valence-corrected chi connectivity index (χ1v) is 11.3. The molecular formula is C24H34F2O. The molecule has 3 aliphatic rings. The van der Waals surface area contributed by atoms with E-state index in [-0.39, 0.29) is 11.7 Å². The molecule has 0 amide bonds. The summed E-state index contributed by atoms with van der Waals surface area (Å²) in [7, 11) is 0. The van der Waals surface area contributed by atoms with Gasteiger partial charge in [0.2, 0.25) is 5.82 Å². The smallest absolute Gasteiger partial charge is 0.200 e. The molecule has 1 aromatic rings. The molecule has 0 N–H and O–H groups in total. The number of hydrogen-bond donors (Lipinski definition) is 0. The molecule has 1 aromatic carbocycles.